The van der Waals surface area contributed by atoms with E-state index < -0.39 is 11.9 Å². The number of piperidine rings is 1. The molecule has 0 spiro atoms. The number of amides is 1. The molecule has 3 aliphatic rings. The third-order valence-corrected chi connectivity index (χ3v) is 4.34. The van der Waals surface area contributed by atoms with E-state index in [-0.39, 0.29) is 30.1 Å². The van der Waals surface area contributed by atoms with Gasteiger partial charge in [-0.3, -0.25) is 4.79 Å². The van der Waals surface area contributed by atoms with Crippen molar-refractivity contribution in [3.63, 3.8) is 0 Å². The van der Waals surface area contributed by atoms with Crippen molar-refractivity contribution in [2.24, 2.45) is 5.92 Å². The first-order chi connectivity index (χ1) is 8.43. The van der Waals surface area contributed by atoms with Crippen LogP contribution in [0, 0.1) is 5.92 Å². The number of carbonyl (C=O) groups excluding carboxylic acids is 1. The van der Waals surface area contributed by atoms with E-state index in [2.05, 4.69) is 0 Å². The van der Waals surface area contributed by atoms with Crippen LogP contribution in [0.1, 0.15) is 33.6 Å². The van der Waals surface area contributed by atoms with Gasteiger partial charge < -0.3 is 19.5 Å². The van der Waals surface area contributed by atoms with Crippen molar-refractivity contribution >= 4 is 5.91 Å². The molecule has 0 saturated carbocycles. The monoisotopic (exact) mass is 255 g/mol. The van der Waals surface area contributed by atoms with Gasteiger partial charge in [-0.1, -0.05) is 6.92 Å². The minimum Gasteiger partial charge on any atom is -0.391 e. The maximum Gasteiger partial charge on any atom is 0.226 e. The fourth-order valence-corrected chi connectivity index (χ4v) is 3.56. The molecule has 1 amide bonds. The van der Waals surface area contributed by atoms with E-state index >= 15 is 0 Å². The van der Waals surface area contributed by atoms with Gasteiger partial charge in [-0.25, -0.2) is 0 Å². The molecule has 0 bridgehead atoms. The minimum absolute atomic E-state index is 0.0527. The summed E-state index contributed by atoms with van der Waals surface area (Å²) in [6.45, 7) is 6.29. The zero-order chi connectivity index (χ0) is 13.1. The van der Waals surface area contributed by atoms with Crippen molar-refractivity contribution in [2.75, 3.05) is 6.54 Å². The normalized spacial score (nSPS) is 46.1. The number of hydrogen-bond acceptors (Lipinski definition) is 4. The van der Waals surface area contributed by atoms with Gasteiger partial charge in [-0.05, 0) is 26.7 Å². The Balaban J connectivity index is 1.84. The lowest BCUT2D eigenvalue weighted by Gasteiger charge is -2.40. The number of nitrogens with zero attached hydrogens (tertiary/aromatic N) is 1. The Bertz CT molecular complexity index is 370. The fourth-order valence-electron chi connectivity index (χ4n) is 3.56. The number of aliphatic hydroxyl groups is 1. The van der Waals surface area contributed by atoms with Crippen LogP contribution in [0.4, 0.5) is 0 Å². The number of ether oxygens (including phenoxy) is 2. The molecule has 102 valence electrons. The molecule has 3 rings (SSSR count). The van der Waals surface area contributed by atoms with E-state index in [0.717, 1.165) is 6.42 Å². The zero-order valence-electron chi connectivity index (χ0n) is 11.1. The lowest BCUT2D eigenvalue weighted by molar-refractivity contribution is -0.180. The van der Waals surface area contributed by atoms with Crippen LogP contribution in [0.15, 0.2) is 0 Å². The lowest BCUT2D eigenvalue weighted by Crippen LogP contribution is -2.55. The Hall–Kier alpha value is -0.650. The van der Waals surface area contributed by atoms with Gasteiger partial charge >= 0.3 is 0 Å². The van der Waals surface area contributed by atoms with E-state index in [1.165, 1.54) is 0 Å². The highest BCUT2D eigenvalue weighted by Crippen LogP contribution is 2.41. The molecule has 0 unspecified atom stereocenters. The molecule has 18 heavy (non-hydrogen) atoms. The number of fused-ring (bicyclic) bond motifs is 3. The highest BCUT2D eigenvalue weighted by atomic mass is 16.8. The Morgan fingerprint density at radius 1 is 1.44 bits per heavy atom. The zero-order valence-corrected chi connectivity index (χ0v) is 11.1. The van der Waals surface area contributed by atoms with Crippen molar-refractivity contribution in [3.05, 3.63) is 0 Å². The van der Waals surface area contributed by atoms with Crippen LogP contribution in [-0.4, -0.2) is 52.6 Å². The number of aliphatic hydroxyl groups excluding tert-OH is 1. The van der Waals surface area contributed by atoms with Crippen molar-refractivity contribution < 1.29 is 19.4 Å². The first-order valence-electron chi connectivity index (χ1n) is 6.77. The molecule has 3 heterocycles. The summed E-state index contributed by atoms with van der Waals surface area (Å²) >= 11 is 0. The highest BCUT2D eigenvalue weighted by Gasteiger charge is 2.58. The van der Waals surface area contributed by atoms with Crippen LogP contribution in [-0.2, 0) is 14.3 Å². The average molecular weight is 255 g/mol. The standard InChI is InChI=1S/C13H21NO4/c1-4-7-5-8(15)10-11-9(6-14(10)12(7)16)17-13(2,3)18-11/h7-11,15H,4-6H2,1-3H3/t7-,8-,9-,10-,11-/m1/s1. The molecule has 3 aliphatic heterocycles. The summed E-state index contributed by atoms with van der Waals surface area (Å²) in [5.74, 6) is -0.512. The summed E-state index contributed by atoms with van der Waals surface area (Å²) < 4.78 is 11.7. The van der Waals surface area contributed by atoms with Crippen molar-refractivity contribution in [3.8, 4) is 0 Å². The summed E-state index contributed by atoms with van der Waals surface area (Å²) in [5.41, 5.74) is 0. The SMILES string of the molecule is CC[C@@H]1C[C@@H](O)[C@@H]2[C@@H]3OC(C)(C)O[C@@H]3CN2C1=O. The lowest BCUT2D eigenvalue weighted by atomic mass is 9.87. The predicted octanol–water partition coefficient (Wildman–Crippen LogP) is 0.508. The van der Waals surface area contributed by atoms with Crippen LogP contribution < -0.4 is 0 Å². The molecule has 1 N–H and O–H groups in total. The van der Waals surface area contributed by atoms with Gasteiger partial charge in [-0.15, -0.1) is 0 Å². The third-order valence-electron chi connectivity index (χ3n) is 4.34. The van der Waals surface area contributed by atoms with Crippen LogP contribution in [0.5, 0.6) is 0 Å². The minimum atomic E-state index is -0.605. The van der Waals surface area contributed by atoms with Crippen molar-refractivity contribution in [2.45, 2.75) is 63.8 Å². The van der Waals surface area contributed by atoms with E-state index in [1.54, 1.807) is 4.90 Å². The quantitative estimate of drug-likeness (QED) is 0.741. The third kappa shape index (κ3) is 1.68. The van der Waals surface area contributed by atoms with Gasteiger partial charge in [0.05, 0.1) is 18.7 Å². The largest absolute Gasteiger partial charge is 0.391 e. The van der Waals surface area contributed by atoms with Crippen molar-refractivity contribution in [1.29, 1.82) is 0 Å². The van der Waals surface area contributed by atoms with Gasteiger partial charge in [0.25, 0.3) is 0 Å². The Morgan fingerprint density at radius 3 is 2.83 bits per heavy atom. The summed E-state index contributed by atoms with van der Waals surface area (Å²) in [6, 6.07) is -0.230. The molecular weight excluding hydrogens is 234 g/mol. The summed E-state index contributed by atoms with van der Waals surface area (Å²) in [6.07, 6.45) is 0.543. The molecule has 5 atom stereocenters. The average Bonchev–Trinajstić information content (AvgIpc) is 2.75. The number of carbonyl (C=O) groups is 1. The maximum atomic E-state index is 12.3. The molecule has 0 radical (unpaired) electrons. The topological polar surface area (TPSA) is 59.0 Å². The predicted molar refractivity (Wildman–Crippen MR) is 63.7 cm³/mol. The molecule has 0 aromatic carbocycles. The Kier molecular flexibility index (Phi) is 2.70. The highest BCUT2D eigenvalue weighted by molar-refractivity contribution is 5.80. The molecule has 5 heteroatoms. The Morgan fingerprint density at radius 2 is 2.17 bits per heavy atom. The van der Waals surface area contributed by atoms with Crippen molar-refractivity contribution in [1.82, 2.24) is 4.90 Å². The van der Waals surface area contributed by atoms with E-state index in [9.17, 15) is 9.90 Å². The Labute approximate surface area is 107 Å². The molecule has 3 fully saturated rings. The van der Waals surface area contributed by atoms with Gasteiger partial charge in [0.1, 0.15) is 12.2 Å². The van der Waals surface area contributed by atoms with E-state index in [1.807, 2.05) is 20.8 Å². The second kappa shape index (κ2) is 3.92. The second-order valence-electron chi connectivity index (χ2n) is 6.03. The summed E-state index contributed by atoms with van der Waals surface area (Å²) in [7, 11) is 0. The van der Waals surface area contributed by atoms with E-state index in [0.29, 0.717) is 13.0 Å². The number of rotatable bonds is 1. The van der Waals surface area contributed by atoms with Gasteiger partial charge in [0.15, 0.2) is 5.79 Å². The van der Waals surface area contributed by atoms with E-state index in [4.69, 9.17) is 9.47 Å². The second-order valence-corrected chi connectivity index (χ2v) is 6.03. The van der Waals surface area contributed by atoms with Gasteiger partial charge in [0, 0.05) is 5.92 Å². The smallest absolute Gasteiger partial charge is 0.226 e. The maximum absolute atomic E-state index is 12.3. The molecular formula is C13H21NO4. The van der Waals surface area contributed by atoms with Crippen LogP contribution in [0.25, 0.3) is 0 Å². The first kappa shape index (κ1) is 12.4. The van der Waals surface area contributed by atoms with Gasteiger partial charge in [0.2, 0.25) is 5.91 Å². The molecule has 0 aromatic heterocycles. The molecule has 3 saturated heterocycles. The van der Waals surface area contributed by atoms with Crippen LogP contribution >= 0.6 is 0 Å². The van der Waals surface area contributed by atoms with Gasteiger partial charge in [-0.2, -0.15) is 0 Å². The summed E-state index contributed by atoms with van der Waals surface area (Å²) in [4.78, 5) is 14.1. The van der Waals surface area contributed by atoms with Crippen LogP contribution in [0.3, 0.4) is 0 Å². The molecule has 0 aliphatic carbocycles. The fraction of sp³-hybridized carbons (Fsp3) is 0.923. The first-order valence-corrected chi connectivity index (χ1v) is 6.77. The molecule has 0 aromatic rings. The number of hydrogen-bond donors (Lipinski definition) is 1. The molecule has 5 nitrogen and oxygen atoms in total. The summed E-state index contributed by atoms with van der Waals surface area (Å²) in [5, 5.41) is 10.3. The van der Waals surface area contributed by atoms with Crippen LogP contribution in [0.2, 0.25) is 0 Å².